The van der Waals surface area contributed by atoms with Crippen LogP contribution in [0.3, 0.4) is 0 Å². The summed E-state index contributed by atoms with van der Waals surface area (Å²) in [5.41, 5.74) is 4.58. The maximum Gasteiger partial charge on any atom is 0.0594 e. The van der Waals surface area contributed by atoms with Gasteiger partial charge in [-0.2, -0.15) is 0 Å². The van der Waals surface area contributed by atoms with Crippen molar-refractivity contribution in [1.29, 1.82) is 0 Å². The summed E-state index contributed by atoms with van der Waals surface area (Å²) in [7, 11) is 0. The monoisotopic (exact) mass is 307 g/mol. The second-order valence-corrected chi connectivity index (χ2v) is 5.78. The lowest BCUT2D eigenvalue weighted by Gasteiger charge is -2.23. The summed E-state index contributed by atoms with van der Waals surface area (Å²) in [5, 5.41) is 5.10. The highest BCUT2D eigenvalue weighted by Gasteiger charge is 2.18. The van der Waals surface area contributed by atoms with Crippen molar-refractivity contribution in [3.63, 3.8) is 0 Å². The predicted molar refractivity (Wildman–Crippen MR) is 87.9 cm³/mol. The van der Waals surface area contributed by atoms with Gasteiger partial charge in [0.25, 0.3) is 0 Å². The molecule has 1 nitrogen and oxygen atoms in total. The van der Waals surface area contributed by atoms with E-state index in [1.54, 1.807) is 0 Å². The summed E-state index contributed by atoms with van der Waals surface area (Å²) in [5.74, 6) is 0. The van der Waals surface area contributed by atoms with Crippen LogP contribution in [0.1, 0.15) is 35.2 Å². The van der Waals surface area contributed by atoms with Gasteiger partial charge in [0.15, 0.2) is 0 Å². The van der Waals surface area contributed by atoms with E-state index in [1.807, 2.05) is 31.2 Å². The Balaban J connectivity index is 2.54. The molecule has 0 radical (unpaired) electrons. The van der Waals surface area contributed by atoms with E-state index in [2.05, 4.69) is 31.3 Å². The third-order valence-electron chi connectivity index (χ3n) is 3.48. The number of nitrogens with one attached hydrogen (secondary N) is 1. The molecular weight excluding hydrogens is 289 g/mol. The van der Waals surface area contributed by atoms with Gasteiger partial charge < -0.3 is 5.32 Å². The molecule has 2 rings (SSSR count). The molecule has 1 N–H and O–H groups in total. The number of aryl methyl sites for hydroxylation is 2. The Kier molecular flexibility index (Phi) is 5.09. The largest absolute Gasteiger partial charge is 0.306 e. The first-order chi connectivity index (χ1) is 9.54. The zero-order valence-corrected chi connectivity index (χ0v) is 13.5. The first-order valence-electron chi connectivity index (χ1n) is 6.79. The number of hydrogen-bond acceptors (Lipinski definition) is 1. The van der Waals surface area contributed by atoms with Gasteiger partial charge in [0, 0.05) is 10.0 Å². The molecule has 0 aliphatic rings. The molecule has 0 aliphatic heterocycles. The molecule has 3 heteroatoms. The summed E-state index contributed by atoms with van der Waals surface area (Å²) in [4.78, 5) is 0. The van der Waals surface area contributed by atoms with Crippen molar-refractivity contribution in [3.05, 3.63) is 68.7 Å². The highest BCUT2D eigenvalue weighted by Crippen LogP contribution is 2.32. The van der Waals surface area contributed by atoms with Crippen LogP contribution in [0.4, 0.5) is 0 Å². The van der Waals surface area contributed by atoms with Gasteiger partial charge in [0.2, 0.25) is 0 Å². The summed E-state index contributed by atoms with van der Waals surface area (Å²) in [6, 6.07) is 12.2. The first kappa shape index (κ1) is 15.4. The molecule has 1 atom stereocenters. The summed E-state index contributed by atoms with van der Waals surface area (Å²) >= 11 is 12.6. The lowest BCUT2D eigenvalue weighted by atomic mass is 9.93. The van der Waals surface area contributed by atoms with E-state index in [4.69, 9.17) is 23.2 Å². The molecule has 0 aliphatic carbocycles. The fourth-order valence-corrected chi connectivity index (χ4v) is 2.88. The average molecular weight is 308 g/mol. The molecule has 0 amide bonds. The van der Waals surface area contributed by atoms with E-state index in [0.29, 0.717) is 0 Å². The zero-order valence-electron chi connectivity index (χ0n) is 12.0. The minimum atomic E-state index is 0.0877. The quantitative estimate of drug-likeness (QED) is 0.807. The Hall–Kier alpha value is -1.02. The van der Waals surface area contributed by atoms with E-state index in [-0.39, 0.29) is 6.04 Å². The van der Waals surface area contributed by atoms with Crippen LogP contribution >= 0.6 is 23.2 Å². The number of benzene rings is 2. The Morgan fingerprint density at radius 3 is 2.30 bits per heavy atom. The Morgan fingerprint density at radius 2 is 1.65 bits per heavy atom. The fourth-order valence-electron chi connectivity index (χ4n) is 2.42. The molecule has 20 heavy (non-hydrogen) atoms. The summed E-state index contributed by atoms with van der Waals surface area (Å²) < 4.78 is 0. The lowest BCUT2D eigenvalue weighted by Crippen LogP contribution is -2.23. The molecule has 2 aromatic carbocycles. The minimum absolute atomic E-state index is 0.0877. The lowest BCUT2D eigenvalue weighted by molar-refractivity contribution is 0.627. The third-order valence-corrected chi connectivity index (χ3v) is 4.23. The maximum atomic E-state index is 6.36. The van der Waals surface area contributed by atoms with Crippen LogP contribution in [0.5, 0.6) is 0 Å². The second kappa shape index (κ2) is 6.62. The normalized spacial score (nSPS) is 12.4. The van der Waals surface area contributed by atoms with E-state index >= 15 is 0 Å². The van der Waals surface area contributed by atoms with Crippen LogP contribution in [-0.4, -0.2) is 6.54 Å². The van der Waals surface area contributed by atoms with E-state index in [1.165, 1.54) is 11.1 Å². The number of rotatable bonds is 4. The van der Waals surface area contributed by atoms with Gasteiger partial charge in [-0.25, -0.2) is 0 Å². The summed E-state index contributed by atoms with van der Waals surface area (Å²) in [6.45, 7) is 7.08. The van der Waals surface area contributed by atoms with Crippen LogP contribution in [0, 0.1) is 13.8 Å². The Labute approximate surface area is 130 Å². The van der Waals surface area contributed by atoms with E-state index in [0.717, 1.165) is 27.7 Å². The third kappa shape index (κ3) is 3.17. The second-order valence-electron chi connectivity index (χ2n) is 4.97. The SMILES string of the molecule is CCNC(c1cc(C)c(Cl)cc1C)c1ccccc1Cl. The topological polar surface area (TPSA) is 12.0 Å². The van der Waals surface area contributed by atoms with E-state index < -0.39 is 0 Å². The Bertz CT molecular complexity index is 608. The molecular formula is C17H19Cl2N. The first-order valence-corrected chi connectivity index (χ1v) is 7.54. The molecule has 0 aromatic heterocycles. The molecule has 0 heterocycles. The van der Waals surface area contributed by atoms with Crippen molar-refractivity contribution < 1.29 is 0 Å². The fraction of sp³-hybridized carbons (Fsp3) is 0.294. The molecule has 0 saturated carbocycles. The van der Waals surface area contributed by atoms with Gasteiger partial charge in [0.05, 0.1) is 6.04 Å². The van der Waals surface area contributed by atoms with Gasteiger partial charge in [-0.3, -0.25) is 0 Å². The molecule has 2 aromatic rings. The molecule has 0 bridgehead atoms. The highest BCUT2D eigenvalue weighted by molar-refractivity contribution is 6.31. The van der Waals surface area contributed by atoms with Gasteiger partial charge in [0.1, 0.15) is 0 Å². The predicted octanol–water partition coefficient (Wildman–Crippen LogP) is 5.31. The molecule has 106 valence electrons. The van der Waals surface area contributed by atoms with Gasteiger partial charge >= 0.3 is 0 Å². The van der Waals surface area contributed by atoms with Crippen molar-refractivity contribution in [2.75, 3.05) is 6.54 Å². The molecule has 0 spiro atoms. The molecule has 0 saturated heterocycles. The standard InChI is InChI=1S/C17H19Cl2N/c1-4-20-17(13-7-5-6-8-15(13)18)14-9-12(3)16(19)10-11(14)2/h5-10,17,20H,4H2,1-3H3. The highest BCUT2D eigenvalue weighted by atomic mass is 35.5. The number of halogens is 2. The van der Waals surface area contributed by atoms with Crippen molar-refractivity contribution >= 4 is 23.2 Å². The van der Waals surface area contributed by atoms with Gasteiger partial charge in [-0.05, 0) is 54.8 Å². The average Bonchev–Trinajstić information content (AvgIpc) is 2.42. The Morgan fingerprint density at radius 1 is 0.950 bits per heavy atom. The van der Waals surface area contributed by atoms with E-state index in [9.17, 15) is 0 Å². The minimum Gasteiger partial charge on any atom is -0.306 e. The smallest absolute Gasteiger partial charge is 0.0594 e. The van der Waals surface area contributed by atoms with Crippen LogP contribution < -0.4 is 5.32 Å². The van der Waals surface area contributed by atoms with Crippen LogP contribution in [0.2, 0.25) is 10.0 Å². The van der Waals surface area contributed by atoms with Crippen molar-refractivity contribution in [2.24, 2.45) is 0 Å². The van der Waals surface area contributed by atoms with Crippen molar-refractivity contribution in [1.82, 2.24) is 5.32 Å². The van der Waals surface area contributed by atoms with Crippen molar-refractivity contribution in [2.45, 2.75) is 26.8 Å². The number of hydrogen-bond donors (Lipinski definition) is 1. The van der Waals surface area contributed by atoms with Crippen LogP contribution in [-0.2, 0) is 0 Å². The summed E-state index contributed by atoms with van der Waals surface area (Å²) in [6.07, 6.45) is 0. The van der Waals surface area contributed by atoms with Gasteiger partial charge in [-0.15, -0.1) is 0 Å². The maximum absolute atomic E-state index is 6.36. The van der Waals surface area contributed by atoms with Crippen molar-refractivity contribution in [3.8, 4) is 0 Å². The van der Waals surface area contributed by atoms with Gasteiger partial charge in [-0.1, -0.05) is 54.4 Å². The molecule has 0 fully saturated rings. The zero-order chi connectivity index (χ0) is 14.7. The molecule has 1 unspecified atom stereocenters. The van der Waals surface area contributed by atoms with Crippen LogP contribution in [0.15, 0.2) is 36.4 Å². The van der Waals surface area contributed by atoms with Crippen LogP contribution in [0.25, 0.3) is 0 Å².